The minimum atomic E-state index is -0.296. The molecule has 1 unspecified atom stereocenters. The highest BCUT2D eigenvalue weighted by Crippen LogP contribution is 2.27. The highest BCUT2D eigenvalue weighted by molar-refractivity contribution is 5.77. The fourth-order valence-corrected chi connectivity index (χ4v) is 1.81. The van der Waals surface area contributed by atoms with Crippen LogP contribution in [-0.2, 0) is 11.3 Å². The summed E-state index contributed by atoms with van der Waals surface area (Å²) >= 11 is 0. The molecule has 0 saturated heterocycles. The zero-order chi connectivity index (χ0) is 14.4. The van der Waals surface area contributed by atoms with Crippen molar-refractivity contribution in [2.75, 3.05) is 20.8 Å². The standard InChI is InChI=1S/C14H22N2O3/c1-5-19-12-7-6-11(8-13(12)18-4)9-16(3)10(2)14(15)17/h6-8,10H,5,9H2,1-4H3,(H2,15,17)/p+1/t10-/m1/s1. The summed E-state index contributed by atoms with van der Waals surface area (Å²) in [6.07, 6.45) is 0. The molecule has 19 heavy (non-hydrogen) atoms. The molecule has 0 spiro atoms. The SMILES string of the molecule is CCOc1ccc(C[NH+](C)[C@H](C)C(N)=O)cc1OC. The van der Waals surface area contributed by atoms with Crippen LogP contribution in [0.25, 0.3) is 0 Å². The second-order valence-electron chi connectivity index (χ2n) is 4.57. The monoisotopic (exact) mass is 267 g/mol. The number of carbonyl (C=O) groups is 1. The van der Waals surface area contributed by atoms with Gasteiger partial charge in [-0.3, -0.25) is 4.79 Å². The highest BCUT2D eigenvalue weighted by Gasteiger charge is 2.19. The number of amides is 1. The number of ether oxygens (including phenoxy) is 2. The Bertz CT molecular complexity index is 435. The summed E-state index contributed by atoms with van der Waals surface area (Å²) in [5.41, 5.74) is 6.38. The third-order valence-corrected chi connectivity index (χ3v) is 3.18. The lowest BCUT2D eigenvalue weighted by molar-refractivity contribution is -0.908. The molecule has 0 bridgehead atoms. The third kappa shape index (κ3) is 4.13. The van der Waals surface area contributed by atoms with Crippen LogP contribution in [0.5, 0.6) is 11.5 Å². The van der Waals surface area contributed by atoms with Crippen LogP contribution in [0.4, 0.5) is 0 Å². The van der Waals surface area contributed by atoms with Gasteiger partial charge in [0.2, 0.25) is 0 Å². The number of quaternary nitrogens is 1. The largest absolute Gasteiger partial charge is 0.493 e. The van der Waals surface area contributed by atoms with Crippen LogP contribution < -0.4 is 20.1 Å². The van der Waals surface area contributed by atoms with Crippen LogP contribution in [-0.4, -0.2) is 32.7 Å². The van der Waals surface area contributed by atoms with Gasteiger partial charge >= 0.3 is 0 Å². The van der Waals surface area contributed by atoms with Gasteiger partial charge < -0.3 is 20.1 Å². The highest BCUT2D eigenvalue weighted by atomic mass is 16.5. The average Bonchev–Trinajstić information content (AvgIpc) is 2.39. The van der Waals surface area contributed by atoms with E-state index in [9.17, 15) is 4.79 Å². The van der Waals surface area contributed by atoms with Crippen LogP contribution in [0.2, 0.25) is 0 Å². The topological polar surface area (TPSA) is 66.0 Å². The first-order chi connectivity index (χ1) is 8.99. The number of benzene rings is 1. The molecular weight excluding hydrogens is 244 g/mol. The van der Waals surface area contributed by atoms with Gasteiger partial charge in [0.25, 0.3) is 5.91 Å². The van der Waals surface area contributed by atoms with Crippen LogP contribution in [0, 0.1) is 0 Å². The second kappa shape index (κ2) is 6.99. The maximum Gasteiger partial charge on any atom is 0.275 e. The van der Waals surface area contributed by atoms with Crippen molar-refractivity contribution < 1.29 is 19.2 Å². The van der Waals surface area contributed by atoms with Crippen LogP contribution in [0.15, 0.2) is 18.2 Å². The number of hydrogen-bond donors (Lipinski definition) is 2. The fraction of sp³-hybridized carbons (Fsp3) is 0.500. The van der Waals surface area contributed by atoms with Gasteiger partial charge in [0, 0.05) is 5.56 Å². The third-order valence-electron chi connectivity index (χ3n) is 3.18. The number of nitrogens with two attached hydrogens (primary N) is 1. The molecule has 2 atom stereocenters. The smallest absolute Gasteiger partial charge is 0.275 e. The van der Waals surface area contributed by atoms with Crippen LogP contribution >= 0.6 is 0 Å². The molecular formula is C14H23N2O3+. The van der Waals surface area contributed by atoms with Gasteiger partial charge in [-0.15, -0.1) is 0 Å². The molecule has 0 aliphatic rings. The Balaban J connectivity index is 2.82. The summed E-state index contributed by atoms with van der Waals surface area (Å²) < 4.78 is 10.8. The molecule has 1 aromatic carbocycles. The van der Waals surface area contributed by atoms with Crippen molar-refractivity contribution in [3.63, 3.8) is 0 Å². The molecule has 5 heteroatoms. The Labute approximate surface area is 114 Å². The van der Waals surface area contributed by atoms with Gasteiger partial charge in [0.05, 0.1) is 20.8 Å². The Hall–Kier alpha value is -1.75. The Morgan fingerprint density at radius 3 is 2.63 bits per heavy atom. The molecule has 1 aromatic rings. The molecule has 0 saturated carbocycles. The first-order valence-electron chi connectivity index (χ1n) is 6.40. The normalized spacial score (nSPS) is 13.7. The molecule has 5 nitrogen and oxygen atoms in total. The molecule has 0 heterocycles. The number of hydrogen-bond acceptors (Lipinski definition) is 3. The maximum atomic E-state index is 11.2. The maximum absolute atomic E-state index is 11.2. The summed E-state index contributed by atoms with van der Waals surface area (Å²) in [7, 11) is 3.56. The Morgan fingerprint density at radius 2 is 2.11 bits per heavy atom. The van der Waals surface area contributed by atoms with E-state index in [2.05, 4.69) is 0 Å². The second-order valence-corrected chi connectivity index (χ2v) is 4.57. The Morgan fingerprint density at radius 1 is 1.42 bits per heavy atom. The van der Waals surface area contributed by atoms with Gasteiger partial charge in [-0.05, 0) is 32.0 Å². The number of likely N-dealkylation sites (N-methyl/N-ethyl adjacent to an activating group) is 1. The lowest BCUT2D eigenvalue weighted by atomic mass is 10.1. The minimum absolute atomic E-state index is 0.224. The molecule has 1 rings (SSSR count). The molecule has 0 radical (unpaired) electrons. The van der Waals surface area contributed by atoms with Gasteiger partial charge in [-0.2, -0.15) is 0 Å². The van der Waals surface area contributed by atoms with E-state index in [1.54, 1.807) is 7.11 Å². The number of rotatable bonds is 7. The minimum Gasteiger partial charge on any atom is -0.493 e. The average molecular weight is 267 g/mol. The number of primary amides is 1. The first-order valence-corrected chi connectivity index (χ1v) is 6.40. The van der Waals surface area contributed by atoms with E-state index in [0.29, 0.717) is 18.9 Å². The summed E-state index contributed by atoms with van der Waals surface area (Å²) in [6, 6.07) is 5.57. The molecule has 3 N–H and O–H groups in total. The van der Waals surface area contributed by atoms with Crippen molar-refractivity contribution in [2.24, 2.45) is 5.73 Å². The molecule has 1 amide bonds. The molecule has 0 aromatic heterocycles. The lowest BCUT2D eigenvalue weighted by Crippen LogP contribution is -3.12. The van der Waals surface area contributed by atoms with Gasteiger partial charge in [-0.25, -0.2) is 0 Å². The molecule has 0 fully saturated rings. The molecule has 0 aliphatic carbocycles. The van der Waals surface area contributed by atoms with Gasteiger partial charge in [0.1, 0.15) is 6.54 Å². The zero-order valence-electron chi connectivity index (χ0n) is 12.0. The van der Waals surface area contributed by atoms with E-state index in [1.165, 1.54) is 0 Å². The van der Waals surface area contributed by atoms with Crippen molar-refractivity contribution in [3.05, 3.63) is 23.8 Å². The fourth-order valence-electron chi connectivity index (χ4n) is 1.81. The number of carbonyl (C=O) groups excluding carboxylic acids is 1. The summed E-state index contributed by atoms with van der Waals surface area (Å²) in [5.74, 6) is 1.14. The van der Waals surface area contributed by atoms with Gasteiger partial charge in [-0.1, -0.05) is 0 Å². The number of methoxy groups -OCH3 is 1. The van der Waals surface area contributed by atoms with Crippen molar-refractivity contribution in [2.45, 2.75) is 26.4 Å². The summed E-state index contributed by atoms with van der Waals surface area (Å²) in [4.78, 5) is 12.2. The van der Waals surface area contributed by atoms with E-state index < -0.39 is 0 Å². The quantitative estimate of drug-likeness (QED) is 0.730. The van der Waals surface area contributed by atoms with Crippen molar-refractivity contribution in [1.82, 2.24) is 0 Å². The summed E-state index contributed by atoms with van der Waals surface area (Å²) in [6.45, 7) is 5.05. The van der Waals surface area contributed by atoms with E-state index in [1.807, 2.05) is 39.1 Å². The van der Waals surface area contributed by atoms with Crippen LogP contribution in [0.1, 0.15) is 19.4 Å². The summed E-state index contributed by atoms with van der Waals surface area (Å²) in [5, 5.41) is 0. The van der Waals surface area contributed by atoms with E-state index in [-0.39, 0.29) is 11.9 Å². The van der Waals surface area contributed by atoms with E-state index in [0.717, 1.165) is 16.2 Å². The van der Waals surface area contributed by atoms with Gasteiger partial charge in [0.15, 0.2) is 17.5 Å². The van der Waals surface area contributed by atoms with Crippen molar-refractivity contribution in [1.29, 1.82) is 0 Å². The lowest BCUT2D eigenvalue weighted by Gasteiger charge is -2.19. The van der Waals surface area contributed by atoms with E-state index >= 15 is 0 Å². The van der Waals surface area contributed by atoms with Crippen molar-refractivity contribution in [3.8, 4) is 11.5 Å². The van der Waals surface area contributed by atoms with Crippen LogP contribution in [0.3, 0.4) is 0 Å². The Kier molecular flexibility index (Phi) is 5.63. The van der Waals surface area contributed by atoms with E-state index in [4.69, 9.17) is 15.2 Å². The first kappa shape index (κ1) is 15.3. The predicted molar refractivity (Wildman–Crippen MR) is 73.4 cm³/mol. The predicted octanol–water partition coefficient (Wildman–Crippen LogP) is -0.0176. The molecule has 0 aliphatic heterocycles. The number of nitrogens with one attached hydrogen (secondary N) is 1. The zero-order valence-corrected chi connectivity index (χ0v) is 12.0. The molecule has 106 valence electrons. The van der Waals surface area contributed by atoms with Crippen molar-refractivity contribution >= 4 is 5.91 Å².